The van der Waals surface area contributed by atoms with Crippen LogP contribution in [0.4, 0.5) is 0 Å². The first-order chi connectivity index (χ1) is 9.74. The molecule has 20 heavy (non-hydrogen) atoms. The average Bonchev–Trinajstić information content (AvgIpc) is 2.52. The van der Waals surface area contributed by atoms with Gasteiger partial charge in [-0.15, -0.1) is 32.9 Å². The van der Waals surface area contributed by atoms with Gasteiger partial charge in [0, 0.05) is 0 Å². The van der Waals surface area contributed by atoms with Crippen LogP contribution in [0, 0.1) is 0 Å². The van der Waals surface area contributed by atoms with Crippen LogP contribution in [0.1, 0.15) is 65.7 Å². The van der Waals surface area contributed by atoms with Gasteiger partial charge in [0.25, 0.3) is 0 Å². The van der Waals surface area contributed by atoms with Gasteiger partial charge in [-0.2, -0.15) is 0 Å². The lowest BCUT2D eigenvalue weighted by atomic mass is 10.2. The van der Waals surface area contributed by atoms with Gasteiger partial charge in [-0.25, -0.2) is 0 Å². The van der Waals surface area contributed by atoms with E-state index in [1.807, 2.05) is 31.2 Å². The zero-order valence-corrected chi connectivity index (χ0v) is 14.4. The van der Waals surface area contributed by atoms with E-state index in [-0.39, 0.29) is 0 Å². The van der Waals surface area contributed by atoms with Crippen LogP contribution in [0.5, 0.6) is 0 Å². The molecule has 0 bridgehead atoms. The highest BCUT2D eigenvalue weighted by Gasteiger charge is 1.81. The summed E-state index contributed by atoms with van der Waals surface area (Å²) < 4.78 is 0. The molecular weight excluding hydrogens is 240 g/mol. The third kappa shape index (κ3) is 69.4. The summed E-state index contributed by atoms with van der Waals surface area (Å²) in [6, 6.07) is 0. The Bertz CT molecular complexity index is 186. The monoisotopic (exact) mass is 278 g/mol. The Morgan fingerprint density at radius 3 is 1.60 bits per heavy atom. The molecule has 0 spiro atoms. The highest BCUT2D eigenvalue weighted by molar-refractivity contribution is 4.85. The summed E-state index contributed by atoms with van der Waals surface area (Å²) >= 11 is 0. The van der Waals surface area contributed by atoms with Gasteiger partial charge >= 0.3 is 0 Å². The molecule has 0 rings (SSSR count). The average molecular weight is 279 g/mol. The van der Waals surface area contributed by atoms with Crippen molar-refractivity contribution in [1.29, 1.82) is 0 Å². The van der Waals surface area contributed by atoms with Crippen LogP contribution in [-0.4, -0.2) is 0 Å². The first-order valence-corrected chi connectivity index (χ1v) is 7.68. The second-order valence-corrected chi connectivity index (χ2v) is 3.93. The molecule has 0 saturated carbocycles. The van der Waals surface area contributed by atoms with E-state index in [0.29, 0.717) is 0 Å². The number of rotatable bonds is 8. The molecule has 0 aliphatic carbocycles. The lowest BCUT2D eigenvalue weighted by Gasteiger charge is -1.91. The maximum Gasteiger partial charge on any atom is -0.0172 e. The van der Waals surface area contributed by atoms with Gasteiger partial charge in [0.15, 0.2) is 0 Å². The molecule has 0 heteroatoms. The molecule has 0 saturated heterocycles. The lowest BCUT2D eigenvalue weighted by Crippen LogP contribution is -1.71. The van der Waals surface area contributed by atoms with Crippen LogP contribution < -0.4 is 0 Å². The molecule has 118 valence electrons. The van der Waals surface area contributed by atoms with Crippen LogP contribution in [0.2, 0.25) is 0 Å². The molecule has 0 heterocycles. The molecular formula is C20H38. The molecule has 0 atom stereocenters. The van der Waals surface area contributed by atoms with E-state index < -0.39 is 0 Å². The van der Waals surface area contributed by atoms with Crippen LogP contribution in [0.15, 0.2) is 63.3 Å². The highest BCUT2D eigenvalue weighted by Crippen LogP contribution is 2.01. The van der Waals surface area contributed by atoms with Crippen molar-refractivity contribution in [3.8, 4) is 0 Å². The maximum absolute atomic E-state index is 3.66. The third-order valence-electron chi connectivity index (χ3n) is 2.09. The van der Waals surface area contributed by atoms with Gasteiger partial charge in [0.05, 0.1) is 0 Å². The smallest absolute Gasteiger partial charge is 0.0172 e. The van der Waals surface area contributed by atoms with Gasteiger partial charge in [-0.1, -0.05) is 63.5 Å². The molecule has 0 fully saturated rings. The van der Waals surface area contributed by atoms with Gasteiger partial charge in [-0.3, -0.25) is 0 Å². The fourth-order valence-electron chi connectivity index (χ4n) is 0.948. The normalized spacial score (nSPS) is 7.95. The molecule has 0 aromatic heterocycles. The maximum atomic E-state index is 3.66. The molecule has 0 amide bonds. The minimum atomic E-state index is 0.997. The molecule has 0 aromatic rings. The van der Waals surface area contributed by atoms with E-state index in [0.717, 1.165) is 12.8 Å². The van der Waals surface area contributed by atoms with Crippen molar-refractivity contribution in [2.75, 3.05) is 0 Å². The Labute approximate surface area is 129 Å². The van der Waals surface area contributed by atoms with Crippen molar-refractivity contribution in [1.82, 2.24) is 0 Å². The van der Waals surface area contributed by atoms with Crippen molar-refractivity contribution in [2.45, 2.75) is 65.7 Å². The standard InChI is InChI=1S/C8H16.C6H10.C4H8.C2H4/c1-3-5-7-8-6-4-2;1-3-5-6-4-2;1-3-4-2;1-2/h3H,1,4-8H2,2H3;3-4,6H,1,5H2,2H3;3H,1,4H2,2H3;1-2H2/b;6-4+;;. The van der Waals surface area contributed by atoms with Crippen LogP contribution in [0.25, 0.3) is 0 Å². The minimum Gasteiger partial charge on any atom is -0.106 e. The molecule has 0 aromatic carbocycles. The number of hydrogen-bond donors (Lipinski definition) is 0. The molecule has 0 aliphatic rings. The summed E-state index contributed by atoms with van der Waals surface area (Å²) in [7, 11) is 0. The van der Waals surface area contributed by atoms with Gasteiger partial charge in [0.2, 0.25) is 0 Å². The summed E-state index contributed by atoms with van der Waals surface area (Å²) in [6.07, 6.45) is 18.5. The second-order valence-electron chi connectivity index (χ2n) is 3.93. The van der Waals surface area contributed by atoms with Gasteiger partial charge < -0.3 is 0 Å². The van der Waals surface area contributed by atoms with Crippen LogP contribution in [0.3, 0.4) is 0 Å². The third-order valence-corrected chi connectivity index (χ3v) is 2.09. The van der Waals surface area contributed by atoms with Gasteiger partial charge in [-0.05, 0) is 32.6 Å². The molecule has 0 radical (unpaired) electrons. The van der Waals surface area contributed by atoms with E-state index in [4.69, 9.17) is 0 Å². The van der Waals surface area contributed by atoms with E-state index >= 15 is 0 Å². The van der Waals surface area contributed by atoms with E-state index in [2.05, 4.69) is 52.8 Å². The topological polar surface area (TPSA) is 0 Å². The Morgan fingerprint density at radius 1 is 0.800 bits per heavy atom. The van der Waals surface area contributed by atoms with E-state index in [1.165, 1.54) is 32.1 Å². The van der Waals surface area contributed by atoms with E-state index in [1.54, 1.807) is 0 Å². The molecule has 0 aliphatic heterocycles. The van der Waals surface area contributed by atoms with Gasteiger partial charge in [0.1, 0.15) is 0 Å². The quantitative estimate of drug-likeness (QED) is 0.315. The first kappa shape index (κ1) is 27.1. The van der Waals surface area contributed by atoms with Crippen molar-refractivity contribution >= 4 is 0 Å². The zero-order valence-electron chi connectivity index (χ0n) is 14.4. The minimum absolute atomic E-state index is 0.997. The molecule has 0 unspecified atom stereocenters. The lowest BCUT2D eigenvalue weighted by molar-refractivity contribution is 0.675. The summed E-state index contributed by atoms with van der Waals surface area (Å²) in [5.41, 5.74) is 0. The largest absolute Gasteiger partial charge is 0.106 e. The van der Waals surface area contributed by atoms with Crippen LogP contribution in [-0.2, 0) is 0 Å². The number of unbranched alkanes of at least 4 members (excludes halogenated alkanes) is 4. The van der Waals surface area contributed by atoms with Crippen molar-refractivity contribution < 1.29 is 0 Å². The summed E-state index contributed by atoms with van der Waals surface area (Å²) in [6.45, 7) is 23.0. The Morgan fingerprint density at radius 2 is 1.35 bits per heavy atom. The van der Waals surface area contributed by atoms with Crippen molar-refractivity contribution in [3.05, 3.63) is 63.3 Å². The predicted molar refractivity (Wildman–Crippen MR) is 100 cm³/mol. The second kappa shape index (κ2) is 43.1. The number of hydrogen-bond acceptors (Lipinski definition) is 0. The van der Waals surface area contributed by atoms with Crippen molar-refractivity contribution in [3.63, 3.8) is 0 Å². The van der Waals surface area contributed by atoms with E-state index in [9.17, 15) is 0 Å². The van der Waals surface area contributed by atoms with Crippen LogP contribution >= 0.6 is 0 Å². The predicted octanol–water partition coefficient (Wildman–Crippen LogP) is 7.67. The fraction of sp³-hybridized carbons (Fsp3) is 0.500. The Balaban J connectivity index is -0.0000000947. The summed E-state index contributed by atoms with van der Waals surface area (Å²) in [5, 5.41) is 0. The highest BCUT2D eigenvalue weighted by atomic mass is 13.9. The zero-order chi connectivity index (χ0) is 16.5. The Kier molecular flexibility index (Phi) is 58.4. The summed E-state index contributed by atoms with van der Waals surface area (Å²) in [5.74, 6) is 0. The fourth-order valence-corrected chi connectivity index (χ4v) is 0.948. The number of allylic oxidation sites excluding steroid dienone is 5. The Hall–Kier alpha value is -1.30. The molecule has 0 nitrogen and oxygen atoms in total. The molecule has 0 N–H and O–H groups in total. The SMILES string of the molecule is C=C.C=CC/C=C/C.C=CCC.C=CCCCCCC. The summed E-state index contributed by atoms with van der Waals surface area (Å²) in [4.78, 5) is 0. The first-order valence-electron chi connectivity index (χ1n) is 7.68. The van der Waals surface area contributed by atoms with Crippen molar-refractivity contribution in [2.24, 2.45) is 0 Å².